The summed E-state index contributed by atoms with van der Waals surface area (Å²) >= 11 is 0. The van der Waals surface area contributed by atoms with Crippen LogP contribution in [0.25, 0.3) is 0 Å². The maximum Gasteiger partial charge on any atom is 0.333 e. The second-order valence-electron chi connectivity index (χ2n) is 5.43. The molecule has 1 saturated carbocycles. The van der Waals surface area contributed by atoms with Crippen molar-refractivity contribution in [1.82, 2.24) is 9.78 Å². The molecule has 1 aromatic heterocycles. The van der Waals surface area contributed by atoms with Crippen LogP contribution in [0.4, 0.5) is 11.5 Å². The van der Waals surface area contributed by atoms with E-state index >= 15 is 0 Å². The summed E-state index contributed by atoms with van der Waals surface area (Å²) in [5, 5.41) is 27.9. The van der Waals surface area contributed by atoms with Crippen LogP contribution in [0.5, 0.6) is 0 Å². The molecular weight excluding hydrogens is 276 g/mol. The highest BCUT2D eigenvalue weighted by Gasteiger charge is 2.42. The minimum Gasteiger partial charge on any atom is -0.480 e. The fourth-order valence-electron chi connectivity index (χ4n) is 2.92. The lowest BCUT2D eigenvalue weighted by atomic mass is 9.81. The molecule has 21 heavy (non-hydrogen) atoms. The number of nitro groups is 1. The summed E-state index contributed by atoms with van der Waals surface area (Å²) in [5.74, 6) is -0.762. The van der Waals surface area contributed by atoms with Crippen molar-refractivity contribution in [2.75, 3.05) is 5.32 Å². The first-order valence-electron chi connectivity index (χ1n) is 7.14. The van der Waals surface area contributed by atoms with Crippen LogP contribution in [0.2, 0.25) is 0 Å². The van der Waals surface area contributed by atoms with Crippen molar-refractivity contribution in [3.8, 4) is 0 Å². The van der Waals surface area contributed by atoms with Gasteiger partial charge in [-0.05, 0) is 26.7 Å². The number of carboxylic acids is 1. The van der Waals surface area contributed by atoms with Crippen LogP contribution >= 0.6 is 0 Å². The minimum atomic E-state index is -1.14. The van der Waals surface area contributed by atoms with E-state index in [9.17, 15) is 20.0 Å². The van der Waals surface area contributed by atoms with Gasteiger partial charge in [0.25, 0.3) is 0 Å². The number of hydrogen-bond acceptors (Lipinski definition) is 5. The third-order valence-electron chi connectivity index (χ3n) is 4.05. The number of anilines is 1. The van der Waals surface area contributed by atoms with E-state index < -0.39 is 16.4 Å². The van der Waals surface area contributed by atoms with Crippen LogP contribution in [0.15, 0.2) is 0 Å². The highest BCUT2D eigenvalue weighted by molar-refractivity contribution is 5.83. The first kappa shape index (κ1) is 15.3. The van der Waals surface area contributed by atoms with E-state index in [-0.39, 0.29) is 11.5 Å². The quantitative estimate of drug-likeness (QED) is 0.637. The third kappa shape index (κ3) is 2.70. The summed E-state index contributed by atoms with van der Waals surface area (Å²) in [6, 6.07) is 0. The van der Waals surface area contributed by atoms with Gasteiger partial charge in [-0.2, -0.15) is 5.10 Å². The van der Waals surface area contributed by atoms with Crippen molar-refractivity contribution in [3.05, 3.63) is 15.8 Å². The second kappa shape index (κ2) is 5.71. The smallest absolute Gasteiger partial charge is 0.333 e. The van der Waals surface area contributed by atoms with E-state index in [0.717, 1.165) is 19.3 Å². The summed E-state index contributed by atoms with van der Waals surface area (Å²) in [7, 11) is 0. The summed E-state index contributed by atoms with van der Waals surface area (Å²) < 4.78 is 1.47. The van der Waals surface area contributed by atoms with Crippen LogP contribution in [0, 0.1) is 17.0 Å². The molecule has 0 aromatic carbocycles. The fraction of sp³-hybridized carbons (Fsp3) is 0.692. The summed E-state index contributed by atoms with van der Waals surface area (Å²) in [6.07, 6.45) is 3.52. The fourth-order valence-corrected chi connectivity index (χ4v) is 2.92. The van der Waals surface area contributed by atoms with Crippen LogP contribution in [-0.2, 0) is 11.3 Å². The molecule has 0 saturated heterocycles. The molecule has 116 valence electrons. The maximum absolute atomic E-state index is 11.7. The number of aryl methyl sites for hydroxylation is 2. The monoisotopic (exact) mass is 296 g/mol. The minimum absolute atomic E-state index is 0.136. The van der Waals surface area contributed by atoms with Crippen molar-refractivity contribution >= 4 is 17.5 Å². The zero-order valence-corrected chi connectivity index (χ0v) is 12.3. The van der Waals surface area contributed by atoms with Crippen molar-refractivity contribution in [2.24, 2.45) is 0 Å². The Labute approximate surface area is 122 Å². The number of carboxylic acid groups (broad SMARTS) is 1. The molecular formula is C13H20N4O4. The average molecular weight is 296 g/mol. The Bertz CT molecular complexity index is 561. The van der Waals surface area contributed by atoms with Gasteiger partial charge in [0.1, 0.15) is 11.2 Å². The Morgan fingerprint density at radius 2 is 2.10 bits per heavy atom. The summed E-state index contributed by atoms with van der Waals surface area (Å²) in [4.78, 5) is 22.5. The largest absolute Gasteiger partial charge is 0.480 e. The molecule has 0 aliphatic heterocycles. The Kier molecular flexibility index (Phi) is 4.15. The molecule has 1 aromatic rings. The Morgan fingerprint density at radius 1 is 1.48 bits per heavy atom. The van der Waals surface area contributed by atoms with Gasteiger partial charge in [-0.15, -0.1) is 0 Å². The summed E-state index contributed by atoms with van der Waals surface area (Å²) in [6.45, 7) is 3.81. The number of aliphatic carboxylic acids is 1. The van der Waals surface area contributed by atoms with Crippen molar-refractivity contribution in [1.29, 1.82) is 0 Å². The molecule has 8 heteroatoms. The predicted octanol–water partition coefficient (Wildman–Crippen LogP) is 2.32. The van der Waals surface area contributed by atoms with Gasteiger partial charge >= 0.3 is 11.7 Å². The Balaban J connectivity index is 2.45. The molecule has 0 unspecified atom stereocenters. The number of rotatable bonds is 5. The van der Waals surface area contributed by atoms with E-state index in [2.05, 4.69) is 10.4 Å². The predicted molar refractivity (Wildman–Crippen MR) is 76.4 cm³/mol. The first-order chi connectivity index (χ1) is 9.91. The van der Waals surface area contributed by atoms with Gasteiger partial charge in [-0.3, -0.25) is 10.1 Å². The van der Waals surface area contributed by atoms with Crippen molar-refractivity contribution in [2.45, 2.75) is 58.0 Å². The standard InChI is InChI=1S/C13H20N4O4/c1-3-16-11(10(17(20)21)9(2)15-16)14-13(12(18)19)7-5-4-6-8-13/h14H,3-8H2,1-2H3,(H,18,19). The number of hydrogen-bond donors (Lipinski definition) is 2. The first-order valence-corrected chi connectivity index (χ1v) is 7.14. The lowest BCUT2D eigenvalue weighted by Gasteiger charge is -2.34. The molecule has 0 bridgehead atoms. The molecule has 1 heterocycles. The molecule has 2 rings (SSSR count). The van der Waals surface area contributed by atoms with Crippen LogP contribution in [0.3, 0.4) is 0 Å². The zero-order chi connectivity index (χ0) is 15.6. The average Bonchev–Trinajstić information content (AvgIpc) is 2.75. The number of nitrogens with one attached hydrogen (secondary N) is 1. The lowest BCUT2D eigenvalue weighted by molar-refractivity contribution is -0.384. The van der Waals surface area contributed by atoms with Gasteiger partial charge in [0.2, 0.25) is 5.82 Å². The molecule has 1 aliphatic rings. The van der Waals surface area contributed by atoms with E-state index in [0.29, 0.717) is 25.1 Å². The van der Waals surface area contributed by atoms with Crippen molar-refractivity contribution < 1.29 is 14.8 Å². The molecule has 0 atom stereocenters. The Hall–Kier alpha value is -2.12. The second-order valence-corrected chi connectivity index (χ2v) is 5.43. The number of nitrogens with zero attached hydrogens (tertiary/aromatic N) is 3. The highest BCUT2D eigenvalue weighted by Crippen LogP contribution is 2.36. The van der Waals surface area contributed by atoms with Crippen LogP contribution in [0.1, 0.15) is 44.7 Å². The molecule has 1 fully saturated rings. The van der Waals surface area contributed by atoms with E-state index in [1.165, 1.54) is 4.68 Å². The molecule has 8 nitrogen and oxygen atoms in total. The van der Waals surface area contributed by atoms with E-state index in [1.807, 2.05) is 6.92 Å². The van der Waals surface area contributed by atoms with Gasteiger partial charge in [-0.1, -0.05) is 19.3 Å². The highest BCUT2D eigenvalue weighted by atomic mass is 16.6. The van der Waals surface area contributed by atoms with E-state index in [1.54, 1.807) is 6.92 Å². The van der Waals surface area contributed by atoms with Crippen LogP contribution in [-0.4, -0.2) is 31.3 Å². The van der Waals surface area contributed by atoms with Gasteiger partial charge < -0.3 is 10.4 Å². The summed E-state index contributed by atoms with van der Waals surface area (Å²) in [5.41, 5.74) is -0.980. The molecule has 0 radical (unpaired) electrons. The molecule has 0 amide bonds. The third-order valence-corrected chi connectivity index (χ3v) is 4.05. The molecule has 0 spiro atoms. The maximum atomic E-state index is 11.7. The van der Waals surface area contributed by atoms with Crippen LogP contribution < -0.4 is 5.32 Å². The number of carbonyl (C=O) groups is 1. The lowest BCUT2D eigenvalue weighted by Crippen LogP contribution is -2.48. The van der Waals surface area contributed by atoms with Gasteiger partial charge in [0, 0.05) is 6.54 Å². The normalized spacial score (nSPS) is 17.4. The molecule has 1 aliphatic carbocycles. The van der Waals surface area contributed by atoms with Gasteiger partial charge in [0.15, 0.2) is 0 Å². The molecule has 2 N–H and O–H groups in total. The number of aromatic nitrogens is 2. The van der Waals surface area contributed by atoms with Crippen molar-refractivity contribution in [3.63, 3.8) is 0 Å². The Morgan fingerprint density at radius 3 is 2.57 bits per heavy atom. The van der Waals surface area contributed by atoms with Gasteiger partial charge in [-0.25, -0.2) is 9.48 Å². The van der Waals surface area contributed by atoms with E-state index in [4.69, 9.17) is 0 Å². The SMILES string of the molecule is CCn1nc(C)c([N+](=O)[O-])c1NC1(C(=O)O)CCCCC1. The van der Waals surface area contributed by atoms with Gasteiger partial charge in [0.05, 0.1) is 4.92 Å². The topological polar surface area (TPSA) is 110 Å². The zero-order valence-electron chi connectivity index (χ0n) is 12.3.